The third-order valence-electron chi connectivity index (χ3n) is 4.54. The molecule has 1 unspecified atom stereocenters. The van der Waals surface area contributed by atoms with Gasteiger partial charge in [-0.3, -0.25) is 4.79 Å². The zero-order valence-electron chi connectivity index (χ0n) is 13.9. The van der Waals surface area contributed by atoms with Crippen molar-refractivity contribution in [3.8, 4) is 0 Å². The molecule has 130 valence electrons. The van der Waals surface area contributed by atoms with Crippen LogP contribution in [0.2, 0.25) is 0 Å². The van der Waals surface area contributed by atoms with Crippen molar-refractivity contribution in [1.29, 1.82) is 0 Å². The fourth-order valence-electron chi connectivity index (χ4n) is 3.34. The van der Waals surface area contributed by atoms with E-state index in [1.165, 1.54) is 5.56 Å². The predicted octanol–water partition coefficient (Wildman–Crippen LogP) is 2.85. The Morgan fingerprint density at radius 1 is 1.36 bits per heavy atom. The molecule has 0 saturated carbocycles. The van der Waals surface area contributed by atoms with Crippen LogP contribution < -0.4 is 11.1 Å². The van der Waals surface area contributed by atoms with Crippen molar-refractivity contribution in [3.63, 3.8) is 0 Å². The Morgan fingerprint density at radius 3 is 3.04 bits per heavy atom. The summed E-state index contributed by atoms with van der Waals surface area (Å²) in [5, 5.41) is 7.34. The highest BCUT2D eigenvalue weighted by Crippen LogP contribution is 2.31. The van der Waals surface area contributed by atoms with Gasteiger partial charge in [0, 0.05) is 17.6 Å². The maximum atomic E-state index is 12.7. The van der Waals surface area contributed by atoms with E-state index in [0.29, 0.717) is 11.2 Å². The van der Waals surface area contributed by atoms with Gasteiger partial charge in [0.15, 0.2) is 5.65 Å². The Balaban J connectivity index is 0.00000182. The molecule has 4 rings (SSSR count). The normalized spacial score (nSPS) is 16.1. The summed E-state index contributed by atoms with van der Waals surface area (Å²) < 4.78 is 1.62. The number of hydrogen-bond acceptors (Lipinski definition) is 4. The maximum Gasteiger partial charge on any atom is 0.257 e. The second-order valence-electron chi connectivity index (χ2n) is 6.27. The topological polar surface area (TPSA) is 85.3 Å². The number of anilines is 1. The molecule has 0 bridgehead atoms. The minimum absolute atomic E-state index is 0. The quantitative estimate of drug-likeness (QED) is 0.690. The van der Waals surface area contributed by atoms with E-state index in [-0.39, 0.29) is 24.4 Å². The van der Waals surface area contributed by atoms with E-state index in [0.717, 1.165) is 36.2 Å². The van der Waals surface area contributed by atoms with Crippen molar-refractivity contribution in [1.82, 2.24) is 19.9 Å². The number of fused-ring (bicyclic) bond motifs is 2. The molecule has 2 aromatic heterocycles. The number of rotatable bonds is 2. The molecule has 1 atom stereocenters. The van der Waals surface area contributed by atoms with Crippen molar-refractivity contribution >= 4 is 29.6 Å². The van der Waals surface area contributed by atoms with Crippen molar-refractivity contribution in [2.45, 2.75) is 32.2 Å². The van der Waals surface area contributed by atoms with Gasteiger partial charge in [-0.1, -0.05) is 6.07 Å². The van der Waals surface area contributed by atoms with E-state index in [4.69, 9.17) is 5.73 Å². The Hall–Kier alpha value is -2.60. The van der Waals surface area contributed by atoms with Gasteiger partial charge >= 0.3 is 0 Å². The van der Waals surface area contributed by atoms with Crippen LogP contribution in [0.15, 0.2) is 36.7 Å². The Labute approximate surface area is 151 Å². The van der Waals surface area contributed by atoms with Crippen LogP contribution in [-0.2, 0) is 6.42 Å². The highest BCUT2D eigenvalue weighted by Gasteiger charge is 2.24. The Morgan fingerprint density at radius 2 is 2.20 bits per heavy atom. The monoisotopic (exact) mass is 357 g/mol. The number of benzene rings is 1. The average molecular weight is 358 g/mol. The van der Waals surface area contributed by atoms with E-state index in [2.05, 4.69) is 15.4 Å². The molecular weight excluding hydrogens is 338 g/mol. The van der Waals surface area contributed by atoms with Gasteiger partial charge in [0.2, 0.25) is 0 Å². The fraction of sp³-hybridized carbons (Fsp3) is 0.278. The molecule has 0 fully saturated rings. The second-order valence-corrected chi connectivity index (χ2v) is 6.27. The van der Waals surface area contributed by atoms with Crippen LogP contribution in [-0.4, -0.2) is 20.5 Å². The molecule has 1 amide bonds. The highest BCUT2D eigenvalue weighted by atomic mass is 35.5. The number of amides is 1. The molecule has 0 saturated heterocycles. The molecule has 1 aliphatic carbocycles. The molecule has 2 heterocycles. The van der Waals surface area contributed by atoms with Crippen LogP contribution in [0.1, 0.15) is 46.1 Å². The molecule has 7 heteroatoms. The van der Waals surface area contributed by atoms with Crippen LogP contribution >= 0.6 is 12.4 Å². The van der Waals surface area contributed by atoms with Crippen LogP contribution in [0.25, 0.3) is 5.65 Å². The number of aromatic nitrogens is 3. The van der Waals surface area contributed by atoms with Gasteiger partial charge in [0.05, 0.1) is 12.2 Å². The van der Waals surface area contributed by atoms with Gasteiger partial charge in [0.25, 0.3) is 5.91 Å². The summed E-state index contributed by atoms with van der Waals surface area (Å²) in [6.45, 7) is 1.90. The molecule has 1 aromatic carbocycles. The third-order valence-corrected chi connectivity index (χ3v) is 4.54. The Bertz CT molecular complexity index is 936. The molecule has 25 heavy (non-hydrogen) atoms. The molecule has 3 aromatic rings. The number of nitrogens with zero attached hydrogens (tertiary/aromatic N) is 3. The number of nitrogens with two attached hydrogens (primary N) is 1. The zero-order valence-corrected chi connectivity index (χ0v) is 14.7. The van der Waals surface area contributed by atoms with Crippen LogP contribution in [0, 0.1) is 6.92 Å². The van der Waals surface area contributed by atoms with Gasteiger partial charge in [-0.15, -0.1) is 12.4 Å². The van der Waals surface area contributed by atoms with Crippen LogP contribution in [0.5, 0.6) is 0 Å². The largest absolute Gasteiger partial charge is 0.399 e. The first kappa shape index (κ1) is 17.2. The number of nitrogens with one attached hydrogen (secondary N) is 1. The lowest BCUT2D eigenvalue weighted by Crippen LogP contribution is -2.31. The van der Waals surface area contributed by atoms with E-state index in [1.54, 1.807) is 10.7 Å². The van der Waals surface area contributed by atoms with E-state index in [1.807, 2.05) is 37.4 Å². The SMILES string of the molecule is Cc1ccn2ncc(C(=O)NC3CCCc4cc(N)ccc43)c2n1.Cl. The highest BCUT2D eigenvalue weighted by molar-refractivity contribution is 5.99. The molecular formula is C18H20ClN5O. The number of nitrogen functional groups attached to an aromatic ring is 1. The summed E-state index contributed by atoms with van der Waals surface area (Å²) in [6, 6.07) is 7.79. The first-order valence-corrected chi connectivity index (χ1v) is 8.12. The number of aryl methyl sites for hydroxylation is 2. The predicted molar refractivity (Wildman–Crippen MR) is 99.0 cm³/mol. The molecule has 1 aliphatic rings. The standard InChI is InChI=1S/C18H19N5O.ClH/c1-11-7-8-23-17(21-11)15(10-20-23)18(24)22-16-4-2-3-12-9-13(19)5-6-14(12)16;/h5-10,16H,2-4,19H2,1H3,(H,22,24);1H. The van der Waals surface area contributed by atoms with Gasteiger partial charge in [-0.2, -0.15) is 5.10 Å². The number of carbonyl (C=O) groups excluding carboxylic acids is 1. The van der Waals surface area contributed by atoms with Crippen LogP contribution in [0.4, 0.5) is 5.69 Å². The summed E-state index contributed by atoms with van der Waals surface area (Å²) in [7, 11) is 0. The number of halogens is 1. The Kier molecular flexibility index (Phi) is 4.63. The van der Waals surface area contributed by atoms with Crippen molar-refractivity contribution in [2.24, 2.45) is 0 Å². The van der Waals surface area contributed by atoms with Crippen molar-refractivity contribution in [3.05, 3.63) is 59.0 Å². The average Bonchev–Trinajstić information content (AvgIpc) is 2.97. The van der Waals surface area contributed by atoms with Gasteiger partial charge in [0.1, 0.15) is 5.56 Å². The van der Waals surface area contributed by atoms with E-state index >= 15 is 0 Å². The third kappa shape index (κ3) is 3.17. The molecule has 6 nitrogen and oxygen atoms in total. The fourth-order valence-corrected chi connectivity index (χ4v) is 3.34. The number of hydrogen-bond donors (Lipinski definition) is 2. The molecule has 0 aliphatic heterocycles. The minimum atomic E-state index is -0.141. The zero-order chi connectivity index (χ0) is 16.7. The van der Waals surface area contributed by atoms with E-state index in [9.17, 15) is 4.79 Å². The first-order chi connectivity index (χ1) is 11.6. The lowest BCUT2D eigenvalue weighted by atomic mass is 9.87. The summed E-state index contributed by atoms with van der Waals surface area (Å²) in [5.74, 6) is -0.141. The molecule has 0 spiro atoms. The van der Waals surface area contributed by atoms with Crippen LogP contribution in [0.3, 0.4) is 0 Å². The number of carbonyl (C=O) groups is 1. The van der Waals surface area contributed by atoms with Gasteiger partial charge in [-0.05, 0) is 55.5 Å². The summed E-state index contributed by atoms with van der Waals surface area (Å²) in [5.41, 5.74) is 11.0. The summed E-state index contributed by atoms with van der Waals surface area (Å²) in [4.78, 5) is 17.2. The molecule has 0 radical (unpaired) electrons. The van der Waals surface area contributed by atoms with Gasteiger partial charge in [-0.25, -0.2) is 9.50 Å². The second kappa shape index (κ2) is 6.72. The smallest absolute Gasteiger partial charge is 0.257 e. The summed E-state index contributed by atoms with van der Waals surface area (Å²) in [6.07, 6.45) is 6.35. The molecule has 3 N–H and O–H groups in total. The van der Waals surface area contributed by atoms with Gasteiger partial charge < -0.3 is 11.1 Å². The first-order valence-electron chi connectivity index (χ1n) is 8.12. The summed E-state index contributed by atoms with van der Waals surface area (Å²) >= 11 is 0. The van der Waals surface area contributed by atoms with Crippen molar-refractivity contribution < 1.29 is 4.79 Å². The lowest BCUT2D eigenvalue weighted by molar-refractivity contribution is 0.0934. The van der Waals surface area contributed by atoms with Crippen molar-refractivity contribution in [2.75, 3.05) is 5.73 Å². The van der Waals surface area contributed by atoms with E-state index < -0.39 is 0 Å². The minimum Gasteiger partial charge on any atom is -0.399 e. The maximum absolute atomic E-state index is 12.7. The lowest BCUT2D eigenvalue weighted by Gasteiger charge is -2.26.